The second-order valence-electron chi connectivity index (χ2n) is 14.8. The molecule has 5 aliphatic rings. The van der Waals surface area contributed by atoms with E-state index in [1.165, 1.54) is 36.0 Å². The summed E-state index contributed by atoms with van der Waals surface area (Å²) >= 11 is 5.85. The molecule has 0 bridgehead atoms. The van der Waals surface area contributed by atoms with Gasteiger partial charge in [0, 0.05) is 49.6 Å². The number of halogens is 2. The maximum absolute atomic E-state index is 12.4. The Morgan fingerprint density at radius 3 is 2.48 bits per heavy atom. The average Bonchev–Trinajstić information content (AvgIpc) is 3.75. The number of carbonyl (C=O) groups excluding carboxylic acids is 2. The van der Waals surface area contributed by atoms with E-state index in [4.69, 9.17) is 30.5 Å². The minimum Gasteiger partial charge on any atom is -0.508 e. The van der Waals surface area contributed by atoms with E-state index in [2.05, 4.69) is 24.0 Å². The Labute approximate surface area is 317 Å². The predicted molar refractivity (Wildman–Crippen MR) is 202 cm³/mol. The first-order chi connectivity index (χ1) is 24.7. The molecule has 3 aliphatic carbocycles. The summed E-state index contributed by atoms with van der Waals surface area (Å²) in [6.45, 7) is 8.48. The predicted octanol–water partition coefficient (Wildman–Crippen LogP) is 7.78. The van der Waals surface area contributed by atoms with Crippen LogP contribution in [0.5, 0.6) is 23.0 Å². The highest BCUT2D eigenvalue weighted by Crippen LogP contribution is 2.61. The Morgan fingerprint density at radius 1 is 0.942 bits per heavy atom. The third-order valence-corrected chi connectivity index (χ3v) is 12.2. The number of amides is 1. The molecule has 3 aromatic rings. The van der Waals surface area contributed by atoms with E-state index in [9.17, 15) is 14.7 Å². The molecule has 9 nitrogen and oxygen atoms in total. The number of phenols is 1. The molecule has 5 atom stereocenters. The molecular weight excluding hydrogens is 703 g/mol. The number of rotatable bonds is 7. The van der Waals surface area contributed by atoms with E-state index in [-0.39, 0.29) is 49.2 Å². The number of hydrogen-bond acceptors (Lipinski definition) is 8. The van der Waals surface area contributed by atoms with Crippen LogP contribution in [0, 0.1) is 17.3 Å². The lowest BCUT2D eigenvalue weighted by Crippen LogP contribution is -2.49. The van der Waals surface area contributed by atoms with Crippen LogP contribution in [-0.4, -0.2) is 72.5 Å². The van der Waals surface area contributed by atoms with Crippen LogP contribution >= 0.6 is 24.0 Å². The van der Waals surface area contributed by atoms with E-state index in [0.717, 1.165) is 50.4 Å². The minimum absolute atomic E-state index is 0. The van der Waals surface area contributed by atoms with Gasteiger partial charge in [0.1, 0.15) is 17.6 Å². The molecule has 2 saturated carbocycles. The van der Waals surface area contributed by atoms with Crippen LogP contribution in [0.4, 0.5) is 0 Å². The van der Waals surface area contributed by atoms with Crippen molar-refractivity contribution in [3.63, 3.8) is 0 Å². The maximum atomic E-state index is 12.4. The van der Waals surface area contributed by atoms with Gasteiger partial charge in [-0.25, -0.2) is 0 Å². The van der Waals surface area contributed by atoms with Gasteiger partial charge in [-0.05, 0) is 121 Å². The molecule has 52 heavy (non-hydrogen) atoms. The second-order valence-corrected chi connectivity index (χ2v) is 15.3. The van der Waals surface area contributed by atoms with E-state index in [1.807, 2.05) is 36.1 Å². The van der Waals surface area contributed by atoms with E-state index < -0.39 is 0 Å². The molecule has 280 valence electrons. The summed E-state index contributed by atoms with van der Waals surface area (Å²) in [7, 11) is 0. The van der Waals surface area contributed by atoms with Crippen LogP contribution in [0.3, 0.4) is 0 Å². The van der Waals surface area contributed by atoms with Gasteiger partial charge in [-0.15, -0.1) is 12.4 Å². The fourth-order valence-corrected chi connectivity index (χ4v) is 9.30. The molecule has 3 aromatic carbocycles. The van der Waals surface area contributed by atoms with E-state index in [1.54, 1.807) is 24.3 Å². The molecule has 1 saturated heterocycles. The van der Waals surface area contributed by atoms with Gasteiger partial charge in [-0.1, -0.05) is 37.6 Å². The van der Waals surface area contributed by atoms with E-state index >= 15 is 0 Å². The zero-order chi connectivity index (χ0) is 35.5. The summed E-state index contributed by atoms with van der Waals surface area (Å²) in [6, 6.07) is 19.0. The Morgan fingerprint density at radius 2 is 1.71 bits per heavy atom. The highest BCUT2D eigenvalue weighted by molar-refractivity contribution is 6.30. The lowest BCUT2D eigenvalue weighted by Gasteiger charge is -2.50. The van der Waals surface area contributed by atoms with E-state index in [0.29, 0.717) is 53.8 Å². The molecule has 2 aliphatic heterocycles. The number of esters is 1. The average molecular weight is 754 g/mol. The molecule has 8 rings (SSSR count). The molecule has 1 amide bonds. The summed E-state index contributed by atoms with van der Waals surface area (Å²) in [5, 5.41) is 10.4. The molecule has 0 radical (unpaired) electrons. The lowest BCUT2D eigenvalue weighted by atomic mass is 9.55. The number of aromatic hydroxyl groups is 1. The van der Waals surface area contributed by atoms with Gasteiger partial charge >= 0.3 is 5.97 Å². The van der Waals surface area contributed by atoms with Crippen molar-refractivity contribution in [2.75, 3.05) is 39.6 Å². The topological polar surface area (TPSA) is 97.8 Å². The lowest BCUT2D eigenvalue weighted by molar-refractivity contribution is -0.157. The van der Waals surface area contributed by atoms with Gasteiger partial charge in [0.05, 0.1) is 0 Å². The van der Waals surface area contributed by atoms with Crippen molar-refractivity contribution < 1.29 is 33.6 Å². The van der Waals surface area contributed by atoms with Crippen molar-refractivity contribution in [3.8, 4) is 23.0 Å². The number of hydrogen-bond donors (Lipinski definition) is 1. The Hall–Kier alpha value is -3.66. The molecule has 0 aromatic heterocycles. The van der Waals surface area contributed by atoms with Crippen LogP contribution in [0.1, 0.15) is 75.0 Å². The first kappa shape index (κ1) is 38.1. The summed E-state index contributed by atoms with van der Waals surface area (Å²) in [5.41, 5.74) is 4.14. The largest absolute Gasteiger partial charge is 0.508 e. The fourth-order valence-electron chi connectivity index (χ4n) is 9.18. The van der Waals surface area contributed by atoms with Gasteiger partial charge in [-0.3, -0.25) is 14.5 Å². The molecule has 1 N–H and O–H groups in total. The summed E-state index contributed by atoms with van der Waals surface area (Å²) in [4.78, 5) is 28.4. The van der Waals surface area contributed by atoms with Gasteiger partial charge in [0.2, 0.25) is 6.79 Å². The Kier molecular flexibility index (Phi) is 12.1. The minimum atomic E-state index is -0.0477. The Balaban J connectivity index is 0.000000176. The van der Waals surface area contributed by atoms with Crippen LogP contribution in [0.2, 0.25) is 5.02 Å². The smallest absolute Gasteiger partial charge is 0.305 e. The number of piperazine rings is 1. The van der Waals surface area contributed by atoms with Crippen molar-refractivity contribution in [2.45, 2.75) is 77.4 Å². The molecule has 5 unspecified atom stereocenters. The number of fused-ring (bicyclic) bond motifs is 6. The van der Waals surface area contributed by atoms with Crippen molar-refractivity contribution >= 4 is 35.9 Å². The number of carbonyl (C=O) groups is 2. The van der Waals surface area contributed by atoms with Crippen LogP contribution < -0.4 is 14.2 Å². The Bertz CT molecular complexity index is 1710. The highest BCUT2D eigenvalue weighted by Gasteiger charge is 2.56. The molecule has 2 heterocycles. The monoisotopic (exact) mass is 752 g/mol. The second kappa shape index (κ2) is 16.6. The molecule has 0 spiro atoms. The molecule has 11 heteroatoms. The van der Waals surface area contributed by atoms with Crippen molar-refractivity contribution in [1.29, 1.82) is 0 Å². The van der Waals surface area contributed by atoms with Gasteiger partial charge in [0.15, 0.2) is 18.1 Å². The normalized spacial score (nSPS) is 25.7. The van der Waals surface area contributed by atoms with Gasteiger partial charge < -0.3 is 29.0 Å². The first-order valence-electron chi connectivity index (χ1n) is 18.5. The van der Waals surface area contributed by atoms with Crippen molar-refractivity contribution in [3.05, 3.63) is 82.4 Å². The number of aryl methyl sites for hydroxylation is 1. The number of phenolic OH excluding ortho intramolecular Hbond substituents is 1. The number of nitrogens with zero attached hydrogens (tertiary/aromatic N) is 2. The quantitative estimate of drug-likeness (QED) is 0.245. The van der Waals surface area contributed by atoms with Gasteiger partial charge in [0.25, 0.3) is 5.91 Å². The van der Waals surface area contributed by atoms with Crippen LogP contribution in [0.25, 0.3) is 0 Å². The van der Waals surface area contributed by atoms with Crippen LogP contribution in [0.15, 0.2) is 60.7 Å². The third kappa shape index (κ3) is 8.27. The maximum Gasteiger partial charge on any atom is 0.305 e. The molecule has 3 fully saturated rings. The SMILES string of the molecule is CCC(=O)OC1CCC2C3CCc4cc(O)ccc4C3CCC12C.Cl.O=C(COc1ccc(Cl)cc1)N1CCN(Cc2ccc3c(c2)OCO3)CC1. The highest BCUT2D eigenvalue weighted by atomic mass is 35.5. The summed E-state index contributed by atoms with van der Waals surface area (Å²) < 4.78 is 22.2. The van der Waals surface area contributed by atoms with Crippen LogP contribution in [-0.2, 0) is 27.3 Å². The summed E-state index contributed by atoms with van der Waals surface area (Å²) in [5.74, 6) is 4.58. The number of benzene rings is 3. The van der Waals surface area contributed by atoms with Gasteiger partial charge in [-0.2, -0.15) is 0 Å². The third-order valence-electron chi connectivity index (χ3n) is 11.9. The van der Waals surface area contributed by atoms with Crippen molar-refractivity contribution in [2.24, 2.45) is 17.3 Å². The zero-order valence-electron chi connectivity index (χ0n) is 30.1. The first-order valence-corrected chi connectivity index (χ1v) is 18.9. The van der Waals surface area contributed by atoms with Crippen molar-refractivity contribution in [1.82, 2.24) is 9.80 Å². The standard InChI is InChI=1S/C21H28O3.C20H21ClN2O4.ClH/c1-3-20(23)24-19-9-8-18-17-6-4-13-12-14(22)5-7-15(13)16(17)10-11-21(18,19)2;21-16-2-4-17(5-3-16)25-13-20(24)23-9-7-22(8-10-23)12-15-1-6-18-19(11-15)27-14-26-18;/h5,7,12,16-19,22H,3-4,6,8-11H2,1-2H3;1-6,11H,7-10,12-14H2;1H. The molecular formula is C41H50Cl2N2O7. The zero-order valence-corrected chi connectivity index (χ0v) is 31.6. The number of ether oxygens (including phenoxy) is 4. The fraction of sp³-hybridized carbons (Fsp3) is 0.512. The summed E-state index contributed by atoms with van der Waals surface area (Å²) in [6.07, 6.45) is 7.38.